The van der Waals surface area contributed by atoms with Gasteiger partial charge < -0.3 is 5.32 Å². The van der Waals surface area contributed by atoms with Gasteiger partial charge in [0.15, 0.2) is 10.9 Å². The molecule has 0 saturated heterocycles. The Bertz CT molecular complexity index is 1550. The molecule has 1 N–H and O–H groups in total. The number of carbonyl (C=O) groups is 2. The standard InChI is InChI=1S/C27H29N5O3S/c1-16-9-11-20(17(2)13-16)23(33)15-36-27-30-29-26-31(3)25(35)21-12-10-18(14-22(21)32(26)27)24(34)28-19-7-5-4-6-8-19/h9-14,19H,4-8,15H2,1-3H3,(H,28,34). The second-order valence-corrected chi connectivity index (χ2v) is 10.5. The predicted molar refractivity (Wildman–Crippen MR) is 141 cm³/mol. The van der Waals surface area contributed by atoms with Crippen LogP contribution in [0.5, 0.6) is 0 Å². The molecule has 1 aliphatic rings. The van der Waals surface area contributed by atoms with E-state index in [2.05, 4.69) is 15.5 Å². The predicted octanol–water partition coefficient (Wildman–Crippen LogP) is 4.24. The fourth-order valence-corrected chi connectivity index (χ4v) is 5.77. The molecule has 9 heteroatoms. The van der Waals surface area contributed by atoms with E-state index in [0.29, 0.717) is 33.0 Å². The number of benzene rings is 2. The van der Waals surface area contributed by atoms with Crippen molar-refractivity contribution >= 4 is 40.1 Å². The molecule has 0 unspecified atom stereocenters. The molecule has 1 fully saturated rings. The van der Waals surface area contributed by atoms with Crippen LogP contribution < -0.4 is 10.9 Å². The minimum Gasteiger partial charge on any atom is -0.349 e. The molecule has 0 bridgehead atoms. The number of thioether (sulfide) groups is 1. The van der Waals surface area contributed by atoms with Crippen LogP contribution in [0.2, 0.25) is 0 Å². The molecular formula is C27H29N5O3S. The van der Waals surface area contributed by atoms with Gasteiger partial charge in [-0.25, -0.2) is 0 Å². The summed E-state index contributed by atoms with van der Waals surface area (Å²) in [5, 5.41) is 12.6. The average Bonchev–Trinajstić information content (AvgIpc) is 3.30. The zero-order valence-electron chi connectivity index (χ0n) is 20.7. The lowest BCUT2D eigenvalue weighted by Crippen LogP contribution is -2.36. The van der Waals surface area contributed by atoms with Crippen LogP contribution in [0, 0.1) is 13.8 Å². The Morgan fingerprint density at radius 3 is 2.58 bits per heavy atom. The van der Waals surface area contributed by atoms with E-state index in [1.54, 1.807) is 29.6 Å². The molecule has 0 atom stereocenters. The van der Waals surface area contributed by atoms with Gasteiger partial charge in [-0.05, 0) is 50.5 Å². The number of nitrogens with zero attached hydrogens (tertiary/aromatic N) is 4. The number of hydrogen-bond acceptors (Lipinski definition) is 6. The first-order chi connectivity index (χ1) is 17.3. The maximum absolute atomic E-state index is 13.0. The molecule has 36 heavy (non-hydrogen) atoms. The summed E-state index contributed by atoms with van der Waals surface area (Å²) < 4.78 is 3.20. The van der Waals surface area contributed by atoms with E-state index in [9.17, 15) is 14.4 Å². The van der Waals surface area contributed by atoms with Gasteiger partial charge in [0.25, 0.3) is 11.5 Å². The molecule has 5 rings (SSSR count). The minimum atomic E-state index is -0.216. The summed E-state index contributed by atoms with van der Waals surface area (Å²) in [6.45, 7) is 3.93. The first kappa shape index (κ1) is 24.2. The summed E-state index contributed by atoms with van der Waals surface area (Å²) in [5.74, 6) is 0.385. The van der Waals surface area contributed by atoms with Crippen LogP contribution in [0.4, 0.5) is 0 Å². The van der Waals surface area contributed by atoms with Crippen molar-refractivity contribution < 1.29 is 9.59 Å². The van der Waals surface area contributed by atoms with E-state index < -0.39 is 0 Å². The average molecular weight is 504 g/mol. The first-order valence-electron chi connectivity index (χ1n) is 12.3. The molecule has 2 aromatic heterocycles. The molecule has 0 spiro atoms. The third-order valence-corrected chi connectivity index (χ3v) is 7.84. The van der Waals surface area contributed by atoms with Gasteiger partial charge >= 0.3 is 0 Å². The van der Waals surface area contributed by atoms with Gasteiger partial charge in [0.1, 0.15) is 0 Å². The van der Waals surface area contributed by atoms with Gasteiger partial charge in [0.2, 0.25) is 5.78 Å². The summed E-state index contributed by atoms with van der Waals surface area (Å²) in [7, 11) is 1.64. The lowest BCUT2D eigenvalue weighted by Gasteiger charge is -2.22. The summed E-state index contributed by atoms with van der Waals surface area (Å²) in [6.07, 6.45) is 5.45. The van der Waals surface area contributed by atoms with Gasteiger partial charge in [0, 0.05) is 24.2 Å². The quantitative estimate of drug-likeness (QED) is 0.312. The van der Waals surface area contributed by atoms with E-state index in [1.807, 2.05) is 32.0 Å². The third-order valence-electron chi connectivity index (χ3n) is 6.91. The maximum Gasteiger partial charge on any atom is 0.262 e. The second-order valence-electron chi connectivity index (χ2n) is 9.55. The number of fused-ring (bicyclic) bond motifs is 3. The molecule has 0 aliphatic heterocycles. The molecule has 0 radical (unpaired) electrons. The second kappa shape index (κ2) is 9.89. The van der Waals surface area contributed by atoms with Crippen LogP contribution in [0.15, 0.2) is 46.3 Å². The lowest BCUT2D eigenvalue weighted by molar-refractivity contribution is 0.0927. The van der Waals surface area contributed by atoms with Crippen LogP contribution >= 0.6 is 11.8 Å². The summed E-state index contributed by atoms with van der Waals surface area (Å²) in [6, 6.07) is 11.1. The van der Waals surface area contributed by atoms with Crippen LogP contribution in [0.1, 0.15) is 63.9 Å². The SMILES string of the molecule is Cc1ccc(C(=O)CSc2nnc3n(C)c(=O)c4ccc(C(=O)NC5CCCCC5)cc4n23)c(C)c1. The Kier molecular flexibility index (Phi) is 6.66. The Morgan fingerprint density at radius 1 is 1.06 bits per heavy atom. The highest BCUT2D eigenvalue weighted by Crippen LogP contribution is 2.24. The largest absolute Gasteiger partial charge is 0.349 e. The fourth-order valence-electron chi connectivity index (χ4n) is 4.94. The van der Waals surface area contributed by atoms with Gasteiger partial charge in [-0.15, -0.1) is 10.2 Å². The number of carbonyl (C=O) groups excluding carboxylic acids is 2. The number of hydrogen-bond donors (Lipinski definition) is 1. The molecule has 4 aromatic rings. The highest BCUT2D eigenvalue weighted by atomic mass is 32.2. The van der Waals surface area contributed by atoms with Crippen molar-refractivity contribution in [2.45, 2.75) is 57.1 Å². The zero-order valence-corrected chi connectivity index (χ0v) is 21.5. The van der Waals surface area contributed by atoms with Gasteiger partial charge in [-0.2, -0.15) is 0 Å². The molecular weight excluding hydrogens is 474 g/mol. The van der Waals surface area contributed by atoms with E-state index in [-0.39, 0.29) is 29.0 Å². The van der Waals surface area contributed by atoms with Crippen LogP contribution in [-0.4, -0.2) is 42.7 Å². The molecule has 8 nitrogen and oxygen atoms in total. The van der Waals surface area contributed by atoms with Crippen molar-refractivity contribution in [3.8, 4) is 0 Å². The zero-order chi connectivity index (χ0) is 25.4. The monoisotopic (exact) mass is 503 g/mol. The Morgan fingerprint density at radius 2 is 1.83 bits per heavy atom. The summed E-state index contributed by atoms with van der Waals surface area (Å²) >= 11 is 1.27. The first-order valence-corrected chi connectivity index (χ1v) is 13.2. The smallest absolute Gasteiger partial charge is 0.262 e. The van der Waals surface area contributed by atoms with Gasteiger partial charge in [-0.3, -0.25) is 23.4 Å². The number of ketones is 1. The molecule has 1 aliphatic carbocycles. The van der Waals surface area contributed by atoms with Crippen molar-refractivity contribution in [3.05, 3.63) is 69.0 Å². The van der Waals surface area contributed by atoms with Crippen LogP contribution in [-0.2, 0) is 7.05 Å². The molecule has 186 valence electrons. The van der Waals surface area contributed by atoms with E-state index >= 15 is 0 Å². The van der Waals surface area contributed by atoms with Crippen molar-refractivity contribution in [1.82, 2.24) is 24.5 Å². The number of amides is 1. The van der Waals surface area contributed by atoms with E-state index in [1.165, 1.54) is 22.7 Å². The van der Waals surface area contributed by atoms with E-state index in [0.717, 1.165) is 36.8 Å². The van der Waals surface area contributed by atoms with Gasteiger partial charge in [0.05, 0.1) is 16.7 Å². The van der Waals surface area contributed by atoms with Crippen LogP contribution in [0.3, 0.4) is 0 Å². The normalized spacial score (nSPS) is 14.4. The van der Waals surface area contributed by atoms with Crippen LogP contribution in [0.25, 0.3) is 16.7 Å². The maximum atomic E-state index is 13.0. The minimum absolute atomic E-state index is 0.00377. The summed E-state index contributed by atoms with van der Waals surface area (Å²) in [5.41, 5.74) is 3.55. The number of nitrogens with one attached hydrogen (secondary N) is 1. The van der Waals surface area contributed by atoms with Crippen molar-refractivity contribution in [2.24, 2.45) is 7.05 Å². The van der Waals surface area contributed by atoms with Gasteiger partial charge in [-0.1, -0.05) is 54.8 Å². The lowest BCUT2D eigenvalue weighted by atomic mass is 9.95. The highest BCUT2D eigenvalue weighted by molar-refractivity contribution is 7.99. The highest BCUT2D eigenvalue weighted by Gasteiger charge is 2.20. The fraction of sp³-hybridized carbons (Fsp3) is 0.370. The number of aryl methyl sites for hydroxylation is 3. The van der Waals surface area contributed by atoms with E-state index in [4.69, 9.17) is 0 Å². The topological polar surface area (TPSA) is 98.4 Å². The molecule has 2 aromatic carbocycles. The van der Waals surface area contributed by atoms with Crippen molar-refractivity contribution in [3.63, 3.8) is 0 Å². The Labute approximate surface area is 213 Å². The molecule has 1 saturated carbocycles. The van der Waals surface area contributed by atoms with Crippen molar-refractivity contribution in [1.29, 1.82) is 0 Å². The molecule has 1 amide bonds. The molecule has 2 heterocycles. The third kappa shape index (κ3) is 4.55. The Hall–Kier alpha value is -3.46. The Balaban J connectivity index is 1.49. The number of rotatable bonds is 6. The number of aromatic nitrogens is 4. The van der Waals surface area contributed by atoms with Crippen molar-refractivity contribution in [2.75, 3.05) is 5.75 Å². The number of Topliss-reactive ketones (excluding diaryl/α,β-unsaturated/α-hetero) is 1. The summed E-state index contributed by atoms with van der Waals surface area (Å²) in [4.78, 5) is 38.9.